The van der Waals surface area contributed by atoms with Gasteiger partial charge in [0.25, 0.3) is 0 Å². The number of hydrogen-bond donors (Lipinski definition) is 2. The summed E-state index contributed by atoms with van der Waals surface area (Å²) in [6.07, 6.45) is 1.34. The number of carbonyl (C=O) groups is 1. The Hall–Kier alpha value is -0.570. The molecule has 0 aromatic carbocycles. The summed E-state index contributed by atoms with van der Waals surface area (Å²) < 4.78 is 0. The van der Waals surface area contributed by atoms with Crippen LogP contribution in [0.15, 0.2) is 0 Å². The van der Waals surface area contributed by atoms with Gasteiger partial charge in [0.05, 0.1) is 12.0 Å². The topological polar surface area (TPSA) is 57.5 Å². The lowest BCUT2D eigenvalue weighted by Gasteiger charge is -2.12. The predicted octanol–water partition coefficient (Wildman–Crippen LogP) is 0.478. The lowest BCUT2D eigenvalue weighted by molar-refractivity contribution is -0.145. The Balaban J connectivity index is 2.38. The number of hydrogen-bond acceptors (Lipinski definition) is 2. The fraction of sp³-hybridized carbons (Fsp3) is 0.857. The first-order valence-electron chi connectivity index (χ1n) is 3.54. The lowest BCUT2D eigenvalue weighted by Crippen LogP contribution is -2.26. The minimum atomic E-state index is -0.903. The monoisotopic (exact) mass is 144 g/mol. The first kappa shape index (κ1) is 7.54. The Bertz CT molecular complexity index is 140. The van der Waals surface area contributed by atoms with Crippen LogP contribution < -0.4 is 0 Å². The van der Waals surface area contributed by atoms with Gasteiger partial charge in [0.15, 0.2) is 0 Å². The molecule has 0 heterocycles. The number of rotatable bonds is 3. The van der Waals surface area contributed by atoms with Crippen molar-refractivity contribution in [3.05, 3.63) is 0 Å². The third kappa shape index (κ3) is 1.48. The molecular weight excluding hydrogens is 132 g/mol. The Labute approximate surface area is 59.7 Å². The van der Waals surface area contributed by atoms with E-state index in [1.807, 2.05) is 0 Å². The third-order valence-corrected chi connectivity index (χ3v) is 2.01. The summed E-state index contributed by atoms with van der Waals surface area (Å²) in [7, 11) is 0. The molecule has 0 bridgehead atoms. The lowest BCUT2D eigenvalue weighted by atomic mass is 10.0. The van der Waals surface area contributed by atoms with Crippen LogP contribution in [0.25, 0.3) is 0 Å². The maximum absolute atomic E-state index is 10.3. The first-order valence-corrected chi connectivity index (χ1v) is 3.54. The molecule has 3 heteroatoms. The van der Waals surface area contributed by atoms with Crippen LogP contribution in [-0.2, 0) is 4.79 Å². The van der Waals surface area contributed by atoms with Gasteiger partial charge in [-0.3, -0.25) is 4.79 Å². The van der Waals surface area contributed by atoms with Crippen molar-refractivity contribution in [2.75, 3.05) is 0 Å². The molecule has 1 fully saturated rings. The van der Waals surface area contributed by atoms with Gasteiger partial charge in [-0.2, -0.15) is 0 Å². The zero-order valence-electron chi connectivity index (χ0n) is 5.95. The molecular formula is C7H12O3. The van der Waals surface area contributed by atoms with E-state index in [1.165, 1.54) is 0 Å². The number of carboxylic acid groups (broad SMARTS) is 1. The molecule has 2 atom stereocenters. The number of carboxylic acids is 1. The Kier molecular flexibility index (Phi) is 1.94. The summed E-state index contributed by atoms with van der Waals surface area (Å²) in [5, 5.41) is 17.7. The summed E-state index contributed by atoms with van der Waals surface area (Å²) in [4.78, 5) is 10.3. The van der Waals surface area contributed by atoms with Gasteiger partial charge in [-0.1, -0.05) is 0 Å². The fourth-order valence-electron chi connectivity index (χ4n) is 0.992. The average Bonchev–Trinajstić information content (AvgIpc) is 2.65. The summed E-state index contributed by atoms with van der Waals surface area (Å²) >= 11 is 0. The molecule has 0 saturated heterocycles. The van der Waals surface area contributed by atoms with Crippen molar-refractivity contribution in [1.29, 1.82) is 0 Å². The highest BCUT2D eigenvalue weighted by molar-refractivity contribution is 5.70. The van der Waals surface area contributed by atoms with Gasteiger partial charge in [-0.15, -0.1) is 0 Å². The van der Waals surface area contributed by atoms with E-state index < -0.39 is 18.0 Å². The van der Waals surface area contributed by atoms with E-state index in [2.05, 4.69) is 0 Å². The van der Waals surface area contributed by atoms with Crippen LogP contribution in [0.4, 0.5) is 0 Å². The normalized spacial score (nSPS) is 23.8. The van der Waals surface area contributed by atoms with Crippen LogP contribution in [0.1, 0.15) is 19.8 Å². The van der Waals surface area contributed by atoms with Gasteiger partial charge in [-0.05, 0) is 25.7 Å². The fourth-order valence-corrected chi connectivity index (χ4v) is 0.992. The van der Waals surface area contributed by atoms with Crippen molar-refractivity contribution in [1.82, 2.24) is 0 Å². The molecule has 0 spiro atoms. The van der Waals surface area contributed by atoms with Crippen molar-refractivity contribution < 1.29 is 15.0 Å². The van der Waals surface area contributed by atoms with Crippen molar-refractivity contribution in [2.24, 2.45) is 11.8 Å². The SMILES string of the molecule is CC(C(=O)O)C(O)C1CC1. The molecule has 2 unspecified atom stereocenters. The highest BCUT2D eigenvalue weighted by Crippen LogP contribution is 2.35. The molecule has 0 radical (unpaired) electrons. The van der Waals surface area contributed by atoms with Gasteiger partial charge >= 0.3 is 5.97 Å². The summed E-state index contributed by atoms with van der Waals surface area (Å²) in [5.74, 6) is -1.25. The molecule has 0 aliphatic heterocycles. The molecule has 1 aliphatic carbocycles. The smallest absolute Gasteiger partial charge is 0.308 e. The second-order valence-corrected chi connectivity index (χ2v) is 2.95. The van der Waals surface area contributed by atoms with Gasteiger partial charge in [0.2, 0.25) is 0 Å². The number of aliphatic hydroxyl groups is 1. The van der Waals surface area contributed by atoms with E-state index in [-0.39, 0.29) is 5.92 Å². The highest BCUT2D eigenvalue weighted by Gasteiger charge is 2.35. The molecule has 0 amide bonds. The van der Waals surface area contributed by atoms with E-state index in [0.717, 1.165) is 12.8 Å². The minimum absolute atomic E-state index is 0.256. The largest absolute Gasteiger partial charge is 0.481 e. The Morgan fingerprint density at radius 3 is 2.40 bits per heavy atom. The molecule has 0 aromatic rings. The Morgan fingerprint density at radius 2 is 2.10 bits per heavy atom. The molecule has 1 saturated carbocycles. The van der Waals surface area contributed by atoms with Crippen LogP contribution in [-0.4, -0.2) is 22.3 Å². The number of aliphatic carboxylic acids is 1. The van der Waals surface area contributed by atoms with Crippen LogP contribution in [0.5, 0.6) is 0 Å². The molecule has 1 aliphatic rings. The van der Waals surface area contributed by atoms with E-state index in [0.29, 0.717) is 0 Å². The van der Waals surface area contributed by atoms with Gasteiger partial charge in [0, 0.05) is 0 Å². The van der Waals surface area contributed by atoms with Crippen molar-refractivity contribution >= 4 is 5.97 Å². The van der Waals surface area contributed by atoms with Crippen LogP contribution in [0, 0.1) is 11.8 Å². The molecule has 1 rings (SSSR count). The third-order valence-electron chi connectivity index (χ3n) is 2.01. The second-order valence-electron chi connectivity index (χ2n) is 2.95. The quantitative estimate of drug-likeness (QED) is 0.605. The number of aliphatic hydroxyl groups excluding tert-OH is 1. The van der Waals surface area contributed by atoms with E-state index in [4.69, 9.17) is 5.11 Å². The van der Waals surface area contributed by atoms with Crippen molar-refractivity contribution in [3.63, 3.8) is 0 Å². The molecule has 2 N–H and O–H groups in total. The first-order chi connectivity index (χ1) is 4.63. The summed E-state index contributed by atoms with van der Waals surface area (Å²) in [5.41, 5.74) is 0. The molecule has 0 aromatic heterocycles. The van der Waals surface area contributed by atoms with Crippen molar-refractivity contribution in [3.8, 4) is 0 Å². The average molecular weight is 144 g/mol. The summed E-state index contributed by atoms with van der Waals surface area (Å²) in [6, 6.07) is 0. The van der Waals surface area contributed by atoms with Gasteiger partial charge in [0.1, 0.15) is 0 Å². The van der Waals surface area contributed by atoms with E-state index in [9.17, 15) is 9.90 Å². The van der Waals surface area contributed by atoms with Crippen molar-refractivity contribution in [2.45, 2.75) is 25.9 Å². The molecule has 10 heavy (non-hydrogen) atoms. The summed E-state index contributed by atoms with van der Waals surface area (Å²) in [6.45, 7) is 1.55. The van der Waals surface area contributed by atoms with E-state index in [1.54, 1.807) is 6.92 Å². The predicted molar refractivity (Wildman–Crippen MR) is 35.5 cm³/mol. The standard InChI is InChI=1S/C7H12O3/c1-4(7(9)10)6(8)5-2-3-5/h4-6,8H,2-3H2,1H3,(H,9,10). The van der Waals surface area contributed by atoms with Crippen LogP contribution in [0.3, 0.4) is 0 Å². The minimum Gasteiger partial charge on any atom is -0.481 e. The second kappa shape index (κ2) is 2.58. The highest BCUT2D eigenvalue weighted by atomic mass is 16.4. The zero-order chi connectivity index (χ0) is 7.72. The molecule has 3 nitrogen and oxygen atoms in total. The maximum Gasteiger partial charge on any atom is 0.308 e. The maximum atomic E-state index is 10.3. The van der Waals surface area contributed by atoms with Gasteiger partial charge in [-0.25, -0.2) is 0 Å². The van der Waals surface area contributed by atoms with E-state index >= 15 is 0 Å². The van der Waals surface area contributed by atoms with Crippen LogP contribution >= 0.6 is 0 Å². The Morgan fingerprint density at radius 1 is 1.60 bits per heavy atom. The molecule has 58 valence electrons. The van der Waals surface area contributed by atoms with Crippen LogP contribution in [0.2, 0.25) is 0 Å². The zero-order valence-corrected chi connectivity index (χ0v) is 5.95. The van der Waals surface area contributed by atoms with Gasteiger partial charge < -0.3 is 10.2 Å².